The topological polar surface area (TPSA) is 124 Å². The van der Waals surface area contributed by atoms with Gasteiger partial charge in [0.15, 0.2) is 0 Å². The van der Waals surface area contributed by atoms with E-state index in [-0.39, 0.29) is 30.3 Å². The molecule has 1 aliphatic carbocycles. The second-order valence-electron chi connectivity index (χ2n) is 11.4. The van der Waals surface area contributed by atoms with E-state index in [4.69, 9.17) is 0 Å². The van der Waals surface area contributed by atoms with Crippen molar-refractivity contribution in [3.8, 4) is 0 Å². The van der Waals surface area contributed by atoms with Crippen LogP contribution >= 0.6 is 11.3 Å². The zero-order chi connectivity index (χ0) is 31.9. The van der Waals surface area contributed by atoms with Gasteiger partial charge < -0.3 is 25.8 Å². The number of likely N-dealkylation sites (N-methyl/N-ethyl adjacent to an activating group) is 1. The van der Waals surface area contributed by atoms with Crippen LogP contribution in [0.15, 0.2) is 29.9 Å². The molecule has 2 heterocycles. The normalized spacial score (nSPS) is 17.9. The first-order valence-corrected chi connectivity index (χ1v) is 15.8. The molecule has 0 bridgehead atoms. The van der Waals surface area contributed by atoms with Crippen molar-refractivity contribution in [2.45, 2.75) is 69.9 Å². The smallest absolute Gasteiger partial charge is 0.344 e. The van der Waals surface area contributed by atoms with E-state index >= 15 is 4.39 Å². The van der Waals surface area contributed by atoms with Crippen molar-refractivity contribution in [1.29, 1.82) is 0 Å². The third-order valence-electron chi connectivity index (χ3n) is 8.22. The van der Waals surface area contributed by atoms with E-state index in [0.717, 1.165) is 25.5 Å². The molecular weight excluding hydrogens is 597 g/mol. The fourth-order valence-electron chi connectivity index (χ4n) is 5.56. The molecule has 44 heavy (non-hydrogen) atoms. The van der Waals surface area contributed by atoms with E-state index in [9.17, 15) is 28.0 Å². The van der Waals surface area contributed by atoms with Crippen LogP contribution in [0.3, 0.4) is 0 Å². The molecular formula is C30H39F3N6O4S. The number of hydrogen-bond acceptors (Lipinski definition) is 7. The summed E-state index contributed by atoms with van der Waals surface area (Å²) in [5, 5.41) is 7.44. The summed E-state index contributed by atoms with van der Waals surface area (Å²) in [6, 6.07) is 1.84. The third-order valence-corrected chi connectivity index (χ3v) is 9.06. The molecule has 2 aliphatic rings. The van der Waals surface area contributed by atoms with Crippen molar-refractivity contribution in [3.63, 3.8) is 0 Å². The molecule has 4 rings (SSSR count). The number of carbonyl (C=O) groups excluding carboxylic acids is 4. The minimum absolute atomic E-state index is 0.0372. The number of nitrogens with zero attached hydrogens (tertiary/aromatic N) is 3. The van der Waals surface area contributed by atoms with Crippen LogP contribution in [0.5, 0.6) is 0 Å². The monoisotopic (exact) mass is 636 g/mol. The number of benzene rings is 1. The van der Waals surface area contributed by atoms with Gasteiger partial charge in [-0.15, -0.1) is 11.3 Å². The predicted molar refractivity (Wildman–Crippen MR) is 160 cm³/mol. The van der Waals surface area contributed by atoms with Crippen molar-refractivity contribution in [2.75, 3.05) is 38.5 Å². The Morgan fingerprint density at radius 3 is 2.39 bits per heavy atom. The van der Waals surface area contributed by atoms with Crippen molar-refractivity contribution in [1.82, 2.24) is 25.4 Å². The summed E-state index contributed by atoms with van der Waals surface area (Å²) >= 11 is 0.632. The summed E-state index contributed by atoms with van der Waals surface area (Å²) in [6.07, 6.45) is 4.73. The lowest BCUT2D eigenvalue weighted by Crippen LogP contribution is -2.54. The van der Waals surface area contributed by atoms with E-state index < -0.39 is 46.4 Å². The molecule has 1 aromatic heterocycles. The number of thiazole rings is 1. The summed E-state index contributed by atoms with van der Waals surface area (Å²) in [7, 11) is 1.96. The number of aromatic nitrogens is 1. The van der Waals surface area contributed by atoms with Gasteiger partial charge in [0.1, 0.15) is 22.8 Å². The lowest BCUT2D eigenvalue weighted by molar-refractivity contribution is -0.149. The van der Waals surface area contributed by atoms with Crippen LogP contribution in [-0.4, -0.2) is 83.7 Å². The summed E-state index contributed by atoms with van der Waals surface area (Å²) in [5.74, 6) is -8.05. The molecule has 0 spiro atoms. The van der Waals surface area contributed by atoms with E-state index in [1.54, 1.807) is 11.8 Å². The molecule has 1 saturated carbocycles. The standard InChI is InChI=1S/C30H39F3N6O4S/c1-3-25(40)35-23(28(42)39-13-11-38(2)12-14-39)16-19-9-10-22(21(31)15-19)36-27(41)26(20-7-5-4-6-8-20)37-29(43)30(32,33)24-17-34-18-44-24/h9-10,15,17-18,20,23,26H,3-8,11-14,16H2,1-2H3,(H,35,40)(H,36,41)(H,37,43)/t23-,26+/m1/s1. The van der Waals surface area contributed by atoms with Gasteiger partial charge in [-0.3, -0.25) is 24.2 Å². The fourth-order valence-corrected chi connectivity index (χ4v) is 6.15. The Morgan fingerprint density at radius 1 is 1.07 bits per heavy atom. The summed E-state index contributed by atoms with van der Waals surface area (Å²) in [6.45, 7) is 4.11. The maximum atomic E-state index is 15.3. The van der Waals surface area contributed by atoms with Gasteiger partial charge in [-0.05, 0) is 43.5 Å². The molecule has 0 unspecified atom stereocenters. The average molecular weight is 637 g/mol. The van der Waals surface area contributed by atoms with Crippen molar-refractivity contribution < 1.29 is 32.3 Å². The van der Waals surface area contributed by atoms with E-state index in [1.165, 1.54) is 23.7 Å². The van der Waals surface area contributed by atoms with E-state index in [2.05, 4.69) is 25.8 Å². The van der Waals surface area contributed by atoms with Crippen LogP contribution in [0, 0.1) is 11.7 Å². The zero-order valence-electron chi connectivity index (χ0n) is 24.9. The average Bonchev–Trinajstić information content (AvgIpc) is 3.57. The quantitative estimate of drug-likeness (QED) is 0.348. The van der Waals surface area contributed by atoms with E-state index in [1.807, 2.05) is 7.05 Å². The second kappa shape index (κ2) is 15.0. The summed E-state index contributed by atoms with van der Waals surface area (Å²) in [5.41, 5.74) is 1.42. The van der Waals surface area contributed by atoms with Crippen LogP contribution in [0.25, 0.3) is 0 Å². The van der Waals surface area contributed by atoms with Gasteiger partial charge in [0.05, 0.1) is 11.2 Å². The minimum Gasteiger partial charge on any atom is -0.344 e. The molecule has 0 radical (unpaired) electrons. The second-order valence-corrected chi connectivity index (χ2v) is 12.3. The van der Waals surface area contributed by atoms with Crippen molar-refractivity contribution in [2.24, 2.45) is 5.92 Å². The Bertz CT molecular complexity index is 1310. The first kappa shape index (κ1) is 33.4. The SMILES string of the molecule is CCC(=O)N[C@H](Cc1ccc(NC(=O)[C@@H](NC(=O)C(F)(F)c2cncs2)C2CCCCC2)c(F)c1)C(=O)N1CCN(C)CC1. The first-order valence-electron chi connectivity index (χ1n) is 14.9. The van der Waals surface area contributed by atoms with Gasteiger partial charge in [0, 0.05) is 45.2 Å². The van der Waals surface area contributed by atoms with Crippen LogP contribution in [0.4, 0.5) is 18.9 Å². The molecule has 10 nitrogen and oxygen atoms in total. The molecule has 4 amide bonds. The predicted octanol–water partition coefficient (Wildman–Crippen LogP) is 3.29. The van der Waals surface area contributed by atoms with Crippen molar-refractivity contribution >= 4 is 40.7 Å². The van der Waals surface area contributed by atoms with Gasteiger partial charge in [-0.1, -0.05) is 32.3 Å². The summed E-state index contributed by atoms with van der Waals surface area (Å²) < 4.78 is 45.0. The van der Waals surface area contributed by atoms with Crippen molar-refractivity contribution in [3.05, 3.63) is 46.2 Å². The van der Waals surface area contributed by atoms with Gasteiger partial charge in [0.25, 0.3) is 5.91 Å². The van der Waals surface area contributed by atoms with Gasteiger partial charge in [-0.2, -0.15) is 8.78 Å². The highest BCUT2D eigenvalue weighted by molar-refractivity contribution is 7.09. The Labute approximate surface area is 258 Å². The maximum Gasteiger partial charge on any atom is 0.360 e. The number of nitrogens with one attached hydrogen (secondary N) is 3. The van der Waals surface area contributed by atoms with Gasteiger partial charge >= 0.3 is 5.92 Å². The minimum atomic E-state index is -3.88. The highest BCUT2D eigenvalue weighted by Crippen LogP contribution is 2.33. The molecule has 1 saturated heterocycles. The molecule has 1 aromatic carbocycles. The number of piperazine rings is 1. The molecule has 1 aliphatic heterocycles. The maximum absolute atomic E-state index is 15.3. The number of alkyl halides is 2. The first-order chi connectivity index (χ1) is 21.0. The Morgan fingerprint density at radius 2 is 1.77 bits per heavy atom. The van der Waals surface area contributed by atoms with Crippen LogP contribution in [-0.2, 0) is 31.5 Å². The molecule has 14 heteroatoms. The van der Waals surface area contributed by atoms with Crippen LogP contribution in [0.2, 0.25) is 0 Å². The van der Waals surface area contributed by atoms with Gasteiger partial charge in [-0.25, -0.2) is 4.39 Å². The number of hydrogen-bond donors (Lipinski definition) is 3. The number of amides is 4. The highest BCUT2D eigenvalue weighted by atomic mass is 32.1. The number of carbonyl (C=O) groups is 4. The Balaban J connectivity index is 1.48. The molecule has 2 atom stereocenters. The molecule has 3 N–H and O–H groups in total. The Kier molecular flexibility index (Phi) is 11.4. The third kappa shape index (κ3) is 8.35. The number of halogens is 3. The molecule has 2 fully saturated rings. The summed E-state index contributed by atoms with van der Waals surface area (Å²) in [4.78, 5) is 58.4. The lowest BCUT2D eigenvalue weighted by atomic mass is 9.83. The van der Waals surface area contributed by atoms with Gasteiger partial charge in [0.2, 0.25) is 17.7 Å². The number of rotatable bonds is 11. The lowest BCUT2D eigenvalue weighted by Gasteiger charge is -2.34. The largest absolute Gasteiger partial charge is 0.360 e. The van der Waals surface area contributed by atoms with E-state index in [0.29, 0.717) is 55.9 Å². The fraction of sp³-hybridized carbons (Fsp3) is 0.567. The number of anilines is 1. The van der Waals surface area contributed by atoms with Crippen LogP contribution in [0.1, 0.15) is 55.9 Å². The highest BCUT2D eigenvalue weighted by Gasteiger charge is 2.45. The molecule has 240 valence electrons. The molecule has 2 aromatic rings. The Hall–Kier alpha value is -3.52. The van der Waals surface area contributed by atoms with Crippen LogP contribution < -0.4 is 16.0 Å². The zero-order valence-corrected chi connectivity index (χ0v) is 25.7.